The van der Waals surface area contributed by atoms with E-state index in [1.807, 2.05) is 0 Å². The standard InChI is InChI=1S/C14H20N2O5S/c1-6(18)11-9-3-10(12(14(20)21)16(9)13(11)19)22-8-2-7(5-17)15-4-8/h6-9,11,15,17-18H,2-5H2,1H3,(H,20,21)/t6?,7?,8-,9+,11+/m0/s1. The number of nitrogens with zero attached hydrogens (tertiary/aromatic N) is 1. The Morgan fingerprint density at radius 3 is 2.82 bits per heavy atom. The first-order valence-corrected chi connectivity index (χ1v) is 8.30. The van der Waals surface area contributed by atoms with Crippen LogP contribution in [0.25, 0.3) is 0 Å². The molecule has 8 heteroatoms. The highest BCUT2D eigenvalue weighted by Gasteiger charge is 2.57. The van der Waals surface area contributed by atoms with E-state index in [9.17, 15) is 19.8 Å². The lowest BCUT2D eigenvalue weighted by atomic mass is 9.83. The lowest BCUT2D eigenvalue weighted by molar-refractivity contribution is -0.161. The quantitative estimate of drug-likeness (QED) is 0.496. The average molecular weight is 328 g/mol. The van der Waals surface area contributed by atoms with E-state index in [4.69, 9.17) is 5.11 Å². The van der Waals surface area contributed by atoms with E-state index in [1.54, 1.807) is 6.92 Å². The number of carboxylic acids is 1. The second kappa shape index (κ2) is 5.84. The van der Waals surface area contributed by atoms with E-state index in [1.165, 1.54) is 16.7 Å². The van der Waals surface area contributed by atoms with Gasteiger partial charge in [-0.2, -0.15) is 0 Å². The van der Waals surface area contributed by atoms with Crippen molar-refractivity contribution in [2.75, 3.05) is 13.2 Å². The van der Waals surface area contributed by atoms with Crippen molar-refractivity contribution in [1.82, 2.24) is 10.2 Å². The third-order valence-electron chi connectivity index (χ3n) is 4.60. The van der Waals surface area contributed by atoms with E-state index in [0.717, 1.165) is 6.42 Å². The number of hydrogen-bond acceptors (Lipinski definition) is 6. The molecule has 0 spiro atoms. The van der Waals surface area contributed by atoms with Gasteiger partial charge in [-0.3, -0.25) is 4.79 Å². The van der Waals surface area contributed by atoms with Gasteiger partial charge in [-0.15, -0.1) is 11.8 Å². The number of aliphatic carboxylic acids is 1. The topological polar surface area (TPSA) is 110 Å². The Hall–Kier alpha value is -1.09. The molecule has 3 aliphatic rings. The number of amides is 1. The lowest BCUT2D eigenvalue weighted by Crippen LogP contribution is -2.61. The van der Waals surface area contributed by atoms with Crippen molar-refractivity contribution in [3.8, 4) is 0 Å². The van der Waals surface area contributed by atoms with Crippen molar-refractivity contribution in [2.45, 2.75) is 43.2 Å². The van der Waals surface area contributed by atoms with Crippen LogP contribution in [-0.4, -0.2) is 68.7 Å². The van der Waals surface area contributed by atoms with Gasteiger partial charge in [0.1, 0.15) is 5.70 Å². The number of aliphatic hydroxyl groups excluding tert-OH is 2. The fourth-order valence-electron chi connectivity index (χ4n) is 3.55. The average Bonchev–Trinajstić information content (AvgIpc) is 3.01. The molecular weight excluding hydrogens is 308 g/mol. The summed E-state index contributed by atoms with van der Waals surface area (Å²) in [6.07, 6.45) is 0.504. The van der Waals surface area contributed by atoms with Crippen molar-refractivity contribution in [3.05, 3.63) is 10.6 Å². The minimum atomic E-state index is -1.09. The maximum absolute atomic E-state index is 12.1. The number of carboxylic acid groups (broad SMARTS) is 1. The minimum absolute atomic E-state index is 0.0525. The van der Waals surface area contributed by atoms with Crippen LogP contribution in [0.4, 0.5) is 0 Å². The molecule has 1 amide bonds. The Kier molecular flexibility index (Phi) is 4.19. The summed E-state index contributed by atoms with van der Waals surface area (Å²) >= 11 is 1.48. The van der Waals surface area contributed by atoms with E-state index in [0.29, 0.717) is 17.9 Å². The summed E-state index contributed by atoms with van der Waals surface area (Å²) in [4.78, 5) is 25.7. The molecule has 7 nitrogen and oxygen atoms in total. The number of hydrogen-bond donors (Lipinski definition) is 4. The van der Waals surface area contributed by atoms with Gasteiger partial charge >= 0.3 is 5.97 Å². The molecule has 0 radical (unpaired) electrons. The zero-order chi connectivity index (χ0) is 16.0. The maximum Gasteiger partial charge on any atom is 0.353 e. The van der Waals surface area contributed by atoms with Crippen molar-refractivity contribution < 1.29 is 24.9 Å². The van der Waals surface area contributed by atoms with Crippen LogP contribution in [0.1, 0.15) is 19.8 Å². The molecule has 3 rings (SSSR count). The predicted molar refractivity (Wildman–Crippen MR) is 80.0 cm³/mol. The summed E-state index contributed by atoms with van der Waals surface area (Å²) < 4.78 is 0. The van der Waals surface area contributed by atoms with Crippen LogP contribution < -0.4 is 5.32 Å². The second-order valence-corrected chi connectivity index (χ2v) is 7.48. The van der Waals surface area contributed by atoms with Gasteiger partial charge in [0.05, 0.1) is 24.7 Å². The normalized spacial score (nSPS) is 35.6. The Morgan fingerprint density at radius 2 is 2.27 bits per heavy atom. The van der Waals surface area contributed by atoms with Crippen molar-refractivity contribution in [1.29, 1.82) is 0 Å². The Balaban J connectivity index is 1.76. The first-order valence-electron chi connectivity index (χ1n) is 7.42. The largest absolute Gasteiger partial charge is 0.477 e. The van der Waals surface area contributed by atoms with E-state index in [2.05, 4.69) is 5.32 Å². The smallest absolute Gasteiger partial charge is 0.353 e. The number of carbonyl (C=O) groups excluding carboxylic acids is 1. The summed E-state index contributed by atoms with van der Waals surface area (Å²) in [5.74, 6) is -1.89. The monoisotopic (exact) mass is 328 g/mol. The van der Waals surface area contributed by atoms with Crippen LogP contribution in [0.3, 0.4) is 0 Å². The Labute approximate surface area is 132 Å². The third kappa shape index (κ3) is 2.44. The van der Waals surface area contributed by atoms with Gasteiger partial charge in [-0.25, -0.2) is 4.79 Å². The summed E-state index contributed by atoms with van der Waals surface area (Å²) in [5.41, 5.74) is 0.0735. The molecule has 0 bridgehead atoms. The second-order valence-electron chi connectivity index (χ2n) is 6.09. The fraction of sp³-hybridized carbons (Fsp3) is 0.714. The summed E-state index contributed by atoms with van der Waals surface area (Å²) in [7, 11) is 0. The maximum atomic E-state index is 12.1. The van der Waals surface area contributed by atoms with Crippen molar-refractivity contribution >= 4 is 23.6 Å². The highest BCUT2D eigenvalue weighted by Crippen LogP contribution is 2.48. The Morgan fingerprint density at radius 1 is 1.55 bits per heavy atom. The molecule has 2 saturated heterocycles. The number of fused-ring (bicyclic) bond motifs is 1. The van der Waals surface area contributed by atoms with Gasteiger partial charge < -0.3 is 25.5 Å². The number of carbonyl (C=O) groups is 2. The van der Waals surface area contributed by atoms with Crippen LogP contribution in [0.2, 0.25) is 0 Å². The number of aliphatic hydroxyl groups is 2. The third-order valence-corrected chi connectivity index (χ3v) is 5.94. The lowest BCUT2D eigenvalue weighted by Gasteiger charge is -2.44. The first kappa shape index (κ1) is 15.8. The van der Waals surface area contributed by atoms with Gasteiger partial charge in [0.25, 0.3) is 0 Å². The number of nitrogens with one attached hydrogen (secondary N) is 1. The van der Waals surface area contributed by atoms with E-state index < -0.39 is 18.0 Å². The molecule has 0 aromatic rings. The molecule has 122 valence electrons. The fourth-order valence-corrected chi connectivity index (χ4v) is 5.02. The molecule has 0 aromatic carbocycles. The Bertz CT molecular complexity index is 535. The van der Waals surface area contributed by atoms with Crippen molar-refractivity contribution in [3.63, 3.8) is 0 Å². The first-order chi connectivity index (χ1) is 10.4. The zero-order valence-corrected chi connectivity index (χ0v) is 13.0. The van der Waals surface area contributed by atoms with Crippen LogP contribution in [-0.2, 0) is 9.59 Å². The van der Waals surface area contributed by atoms with Crippen LogP contribution in [0.5, 0.6) is 0 Å². The molecule has 3 aliphatic heterocycles. The molecule has 4 N–H and O–H groups in total. The van der Waals surface area contributed by atoms with Crippen LogP contribution in [0.15, 0.2) is 10.6 Å². The van der Waals surface area contributed by atoms with Crippen LogP contribution >= 0.6 is 11.8 Å². The molecular formula is C14H20N2O5S. The molecule has 0 saturated carbocycles. The van der Waals surface area contributed by atoms with Crippen molar-refractivity contribution in [2.24, 2.45) is 5.92 Å². The molecule has 3 heterocycles. The summed E-state index contributed by atoms with van der Waals surface area (Å²) in [5, 5.41) is 31.7. The highest BCUT2D eigenvalue weighted by atomic mass is 32.2. The van der Waals surface area contributed by atoms with Gasteiger partial charge in [0, 0.05) is 29.2 Å². The van der Waals surface area contributed by atoms with Gasteiger partial charge in [-0.1, -0.05) is 0 Å². The number of thioether (sulfide) groups is 1. The summed E-state index contributed by atoms with van der Waals surface area (Å²) in [6, 6.07) is -0.180. The predicted octanol–water partition coefficient (Wildman–Crippen LogP) is -0.650. The molecule has 0 aliphatic carbocycles. The van der Waals surface area contributed by atoms with Gasteiger partial charge in [0.15, 0.2) is 0 Å². The van der Waals surface area contributed by atoms with E-state index in [-0.39, 0.29) is 35.5 Å². The molecule has 0 aromatic heterocycles. The number of β-lactam (4-membered cyclic amide) rings is 1. The van der Waals surface area contributed by atoms with Gasteiger partial charge in [0.2, 0.25) is 5.91 Å². The zero-order valence-electron chi connectivity index (χ0n) is 12.2. The molecule has 5 atom stereocenters. The molecule has 22 heavy (non-hydrogen) atoms. The van der Waals surface area contributed by atoms with Gasteiger partial charge in [-0.05, 0) is 13.3 Å². The summed E-state index contributed by atoms with van der Waals surface area (Å²) in [6.45, 7) is 2.35. The minimum Gasteiger partial charge on any atom is -0.477 e. The SMILES string of the molecule is CC(O)[C@H]1C(=O)N2C(C(=O)O)=C(S[C@@H]3CNC(CO)C3)C[C@H]12. The number of rotatable bonds is 5. The van der Waals surface area contributed by atoms with Crippen LogP contribution in [0, 0.1) is 5.92 Å². The van der Waals surface area contributed by atoms with E-state index >= 15 is 0 Å². The molecule has 2 fully saturated rings. The molecule has 2 unspecified atom stereocenters. The highest BCUT2D eigenvalue weighted by molar-refractivity contribution is 8.03.